The fourth-order valence-corrected chi connectivity index (χ4v) is 2.84. The van der Waals surface area contributed by atoms with Crippen molar-refractivity contribution >= 4 is 52.9 Å². The molecule has 0 saturated carbocycles. The van der Waals surface area contributed by atoms with Crippen LogP contribution < -0.4 is 15.5 Å². The molecule has 0 spiro atoms. The fraction of sp³-hybridized carbons (Fsp3) is 0.0435. The van der Waals surface area contributed by atoms with Crippen LogP contribution in [0.25, 0.3) is 0 Å². The number of halogens is 2. The normalized spacial score (nSPS) is 10.6. The number of nitrogens with one attached hydrogen (secondary N) is 2. The van der Waals surface area contributed by atoms with Crippen LogP contribution in [0, 0.1) is 6.92 Å². The van der Waals surface area contributed by atoms with Crippen LogP contribution in [0.4, 0.5) is 5.69 Å². The SMILES string of the molecule is Cc1cccc(C(=O)Oc2ccc(C=NNC(=O)C(=O)Nc3ccc(Cl)c(Cl)c3)cc2)c1. The van der Waals surface area contributed by atoms with Crippen molar-refractivity contribution in [3.8, 4) is 5.75 Å². The predicted octanol–water partition coefficient (Wildman–Crippen LogP) is 4.61. The lowest BCUT2D eigenvalue weighted by Crippen LogP contribution is -2.32. The minimum Gasteiger partial charge on any atom is -0.423 e. The highest BCUT2D eigenvalue weighted by Crippen LogP contribution is 2.24. The summed E-state index contributed by atoms with van der Waals surface area (Å²) in [7, 11) is 0. The molecule has 0 aliphatic heterocycles. The minimum atomic E-state index is -0.962. The van der Waals surface area contributed by atoms with Gasteiger partial charge in [0.2, 0.25) is 0 Å². The maximum atomic E-state index is 12.2. The lowest BCUT2D eigenvalue weighted by molar-refractivity contribution is -0.136. The van der Waals surface area contributed by atoms with Gasteiger partial charge in [0.25, 0.3) is 0 Å². The van der Waals surface area contributed by atoms with Crippen molar-refractivity contribution in [1.82, 2.24) is 5.43 Å². The Kier molecular flexibility index (Phi) is 7.59. The van der Waals surface area contributed by atoms with E-state index in [1.54, 1.807) is 42.5 Å². The van der Waals surface area contributed by atoms with Crippen molar-refractivity contribution in [2.24, 2.45) is 5.10 Å². The average molecular weight is 470 g/mol. The molecule has 7 nitrogen and oxygen atoms in total. The molecule has 0 heterocycles. The van der Waals surface area contributed by atoms with E-state index in [1.807, 2.05) is 13.0 Å². The van der Waals surface area contributed by atoms with Gasteiger partial charge in [-0.15, -0.1) is 0 Å². The second-order valence-electron chi connectivity index (χ2n) is 6.61. The summed E-state index contributed by atoms with van der Waals surface area (Å²) in [6.07, 6.45) is 1.34. The first-order valence-corrected chi connectivity index (χ1v) is 10.1. The molecule has 0 atom stereocenters. The molecule has 3 aromatic carbocycles. The van der Waals surface area contributed by atoms with E-state index >= 15 is 0 Å². The summed E-state index contributed by atoms with van der Waals surface area (Å²) in [6, 6.07) is 18.0. The molecule has 0 aliphatic rings. The molecule has 0 saturated heterocycles. The molecule has 3 aromatic rings. The van der Waals surface area contributed by atoms with Gasteiger partial charge in [0.15, 0.2) is 0 Å². The number of carbonyl (C=O) groups is 3. The van der Waals surface area contributed by atoms with E-state index < -0.39 is 17.8 Å². The molecule has 9 heteroatoms. The molecule has 2 amide bonds. The third-order valence-corrected chi connectivity index (χ3v) is 4.85. The van der Waals surface area contributed by atoms with E-state index in [2.05, 4.69) is 15.8 Å². The first-order chi connectivity index (χ1) is 15.3. The monoisotopic (exact) mass is 469 g/mol. The van der Waals surface area contributed by atoms with Crippen molar-refractivity contribution in [2.75, 3.05) is 5.32 Å². The fourth-order valence-electron chi connectivity index (χ4n) is 2.54. The van der Waals surface area contributed by atoms with Gasteiger partial charge in [-0.2, -0.15) is 5.10 Å². The molecule has 0 bridgehead atoms. The average Bonchev–Trinajstić information content (AvgIpc) is 2.77. The number of hydrogen-bond acceptors (Lipinski definition) is 5. The first kappa shape index (κ1) is 23.0. The molecular weight excluding hydrogens is 453 g/mol. The minimum absolute atomic E-state index is 0.246. The topological polar surface area (TPSA) is 96.9 Å². The maximum absolute atomic E-state index is 12.2. The molecule has 0 aliphatic carbocycles. The van der Waals surface area contributed by atoms with Crippen molar-refractivity contribution < 1.29 is 19.1 Å². The van der Waals surface area contributed by atoms with E-state index in [4.69, 9.17) is 27.9 Å². The number of rotatable bonds is 5. The number of benzene rings is 3. The highest BCUT2D eigenvalue weighted by atomic mass is 35.5. The van der Waals surface area contributed by atoms with Crippen LogP contribution in [0.2, 0.25) is 10.0 Å². The van der Waals surface area contributed by atoms with Gasteiger partial charge in [0.1, 0.15) is 5.75 Å². The van der Waals surface area contributed by atoms with Gasteiger partial charge in [-0.3, -0.25) is 9.59 Å². The molecule has 0 unspecified atom stereocenters. The van der Waals surface area contributed by atoms with Gasteiger partial charge >= 0.3 is 17.8 Å². The van der Waals surface area contributed by atoms with Gasteiger partial charge in [-0.05, 0) is 67.1 Å². The van der Waals surface area contributed by atoms with Crippen LogP contribution in [0.5, 0.6) is 5.75 Å². The van der Waals surface area contributed by atoms with Gasteiger partial charge < -0.3 is 10.1 Å². The molecule has 2 N–H and O–H groups in total. The Morgan fingerprint density at radius 3 is 2.34 bits per heavy atom. The number of amides is 2. The van der Waals surface area contributed by atoms with Gasteiger partial charge in [0.05, 0.1) is 21.8 Å². The number of nitrogens with zero attached hydrogens (tertiary/aromatic N) is 1. The van der Waals surface area contributed by atoms with Crippen LogP contribution in [-0.4, -0.2) is 24.0 Å². The Balaban J connectivity index is 1.51. The van der Waals surface area contributed by atoms with Gasteiger partial charge in [-0.25, -0.2) is 10.2 Å². The van der Waals surface area contributed by atoms with Gasteiger partial charge in [-0.1, -0.05) is 40.9 Å². The highest BCUT2D eigenvalue weighted by molar-refractivity contribution is 6.43. The Morgan fingerprint density at radius 1 is 0.906 bits per heavy atom. The van der Waals surface area contributed by atoms with E-state index in [-0.39, 0.29) is 5.02 Å². The summed E-state index contributed by atoms with van der Waals surface area (Å²) in [4.78, 5) is 36.0. The van der Waals surface area contributed by atoms with Crippen molar-refractivity contribution in [3.05, 3.63) is 93.5 Å². The Bertz CT molecular complexity index is 1190. The number of aryl methyl sites for hydroxylation is 1. The third kappa shape index (κ3) is 6.41. The smallest absolute Gasteiger partial charge is 0.343 e. The Morgan fingerprint density at radius 2 is 1.66 bits per heavy atom. The molecule has 0 aromatic heterocycles. The molecule has 0 radical (unpaired) electrons. The Labute approximate surface area is 194 Å². The molecule has 0 fully saturated rings. The summed E-state index contributed by atoms with van der Waals surface area (Å²) < 4.78 is 5.33. The van der Waals surface area contributed by atoms with Crippen LogP contribution >= 0.6 is 23.2 Å². The second-order valence-corrected chi connectivity index (χ2v) is 7.42. The second kappa shape index (κ2) is 10.6. The van der Waals surface area contributed by atoms with Crippen LogP contribution in [-0.2, 0) is 9.59 Å². The Hall–Kier alpha value is -3.68. The summed E-state index contributed by atoms with van der Waals surface area (Å²) in [5.74, 6) is -1.98. The van der Waals surface area contributed by atoms with E-state index in [9.17, 15) is 14.4 Å². The van der Waals surface area contributed by atoms with Gasteiger partial charge in [0, 0.05) is 5.69 Å². The number of anilines is 1. The zero-order valence-corrected chi connectivity index (χ0v) is 18.3. The third-order valence-electron chi connectivity index (χ3n) is 4.11. The lowest BCUT2D eigenvalue weighted by atomic mass is 10.1. The summed E-state index contributed by atoms with van der Waals surface area (Å²) in [6.45, 7) is 1.89. The number of carbonyl (C=O) groups excluding carboxylic acids is 3. The van der Waals surface area contributed by atoms with Crippen molar-refractivity contribution in [3.63, 3.8) is 0 Å². The summed E-state index contributed by atoms with van der Waals surface area (Å²) in [5.41, 5.74) is 4.47. The lowest BCUT2D eigenvalue weighted by Gasteiger charge is -2.06. The summed E-state index contributed by atoms with van der Waals surface area (Å²) >= 11 is 11.7. The zero-order chi connectivity index (χ0) is 23.1. The first-order valence-electron chi connectivity index (χ1n) is 9.30. The summed E-state index contributed by atoms with van der Waals surface area (Å²) in [5, 5.41) is 6.70. The van der Waals surface area contributed by atoms with Crippen molar-refractivity contribution in [2.45, 2.75) is 6.92 Å². The largest absolute Gasteiger partial charge is 0.423 e. The molecular formula is C23H17Cl2N3O4. The van der Waals surface area contributed by atoms with E-state index in [1.165, 1.54) is 24.4 Å². The van der Waals surface area contributed by atoms with Crippen LogP contribution in [0.3, 0.4) is 0 Å². The molecule has 32 heavy (non-hydrogen) atoms. The number of hydrazone groups is 1. The van der Waals surface area contributed by atoms with E-state index in [0.717, 1.165) is 5.56 Å². The van der Waals surface area contributed by atoms with Crippen LogP contribution in [0.15, 0.2) is 71.8 Å². The predicted molar refractivity (Wildman–Crippen MR) is 123 cm³/mol. The zero-order valence-electron chi connectivity index (χ0n) is 16.8. The maximum Gasteiger partial charge on any atom is 0.343 e. The number of ether oxygens (including phenoxy) is 1. The van der Waals surface area contributed by atoms with Crippen molar-refractivity contribution in [1.29, 1.82) is 0 Å². The molecule has 162 valence electrons. The quantitative estimate of drug-likeness (QED) is 0.187. The number of hydrogen-bond donors (Lipinski definition) is 2. The number of esters is 1. The van der Waals surface area contributed by atoms with Crippen LogP contribution in [0.1, 0.15) is 21.5 Å². The standard InChI is InChI=1S/C23H17Cl2N3O4/c1-14-3-2-4-16(11-14)23(31)32-18-8-5-15(6-9-18)13-26-28-22(30)21(29)27-17-7-10-19(24)20(25)12-17/h2-13H,1H3,(H,27,29)(H,28,30). The highest BCUT2D eigenvalue weighted by Gasteiger charge is 2.13. The molecule has 3 rings (SSSR count). The van der Waals surface area contributed by atoms with E-state index in [0.29, 0.717) is 27.6 Å².